The van der Waals surface area contributed by atoms with E-state index in [1.165, 1.54) is 0 Å². The van der Waals surface area contributed by atoms with Gasteiger partial charge in [0.15, 0.2) is 0 Å². The number of hydrogen-bond acceptors (Lipinski definition) is 4. The molecule has 1 aliphatic heterocycles. The highest BCUT2D eigenvalue weighted by molar-refractivity contribution is 5.70. The first-order valence-corrected chi connectivity index (χ1v) is 6.92. The van der Waals surface area contributed by atoms with Crippen molar-refractivity contribution in [2.24, 2.45) is 11.8 Å². The monoisotopic (exact) mass is 287 g/mol. The van der Waals surface area contributed by atoms with Crippen LogP contribution >= 0.6 is 0 Å². The van der Waals surface area contributed by atoms with Crippen LogP contribution < -0.4 is 0 Å². The number of carbonyl (C=O) groups is 2. The van der Waals surface area contributed by atoms with Crippen LogP contribution in [0, 0.1) is 11.8 Å². The average molecular weight is 287 g/mol. The fourth-order valence-corrected chi connectivity index (χ4v) is 1.81. The van der Waals surface area contributed by atoms with Crippen LogP contribution in [0.5, 0.6) is 0 Å². The van der Waals surface area contributed by atoms with Gasteiger partial charge in [0.25, 0.3) is 0 Å². The van der Waals surface area contributed by atoms with E-state index < -0.39 is 17.5 Å². The Morgan fingerprint density at radius 3 is 2.25 bits per heavy atom. The highest BCUT2D eigenvalue weighted by Crippen LogP contribution is 2.19. The standard InChI is InChI=1S/C14H25NO5/c1-9(2)11(12(16)17)8-19-10-6-15(7-10)13(18)20-14(3,4)5/h9-11H,6-8H2,1-5H3,(H,16,17). The highest BCUT2D eigenvalue weighted by atomic mass is 16.6. The lowest BCUT2D eigenvalue weighted by atomic mass is 9.97. The van der Waals surface area contributed by atoms with Gasteiger partial charge in [-0.1, -0.05) is 13.8 Å². The molecule has 1 fully saturated rings. The molecule has 0 aromatic heterocycles. The number of ether oxygens (including phenoxy) is 2. The van der Waals surface area contributed by atoms with Gasteiger partial charge in [0.2, 0.25) is 0 Å². The van der Waals surface area contributed by atoms with Crippen molar-refractivity contribution in [3.05, 3.63) is 0 Å². The van der Waals surface area contributed by atoms with Crippen molar-refractivity contribution in [2.45, 2.75) is 46.3 Å². The molecule has 1 N–H and O–H groups in total. The number of hydrogen-bond donors (Lipinski definition) is 1. The molecule has 1 amide bonds. The minimum atomic E-state index is -0.844. The van der Waals surface area contributed by atoms with Gasteiger partial charge in [-0.3, -0.25) is 4.79 Å². The molecular weight excluding hydrogens is 262 g/mol. The molecule has 1 heterocycles. The fourth-order valence-electron chi connectivity index (χ4n) is 1.81. The Morgan fingerprint density at radius 2 is 1.85 bits per heavy atom. The van der Waals surface area contributed by atoms with E-state index in [-0.39, 0.29) is 24.7 Å². The number of aliphatic carboxylic acids is 1. The maximum Gasteiger partial charge on any atom is 0.410 e. The van der Waals surface area contributed by atoms with Crippen LogP contribution in [0.25, 0.3) is 0 Å². The zero-order valence-corrected chi connectivity index (χ0v) is 12.9. The van der Waals surface area contributed by atoms with Crippen LogP contribution in [0.3, 0.4) is 0 Å². The van der Waals surface area contributed by atoms with Crippen molar-refractivity contribution in [2.75, 3.05) is 19.7 Å². The third kappa shape index (κ3) is 5.00. The second-order valence-corrected chi connectivity index (χ2v) is 6.53. The zero-order chi connectivity index (χ0) is 15.5. The highest BCUT2D eigenvalue weighted by Gasteiger charge is 2.35. The van der Waals surface area contributed by atoms with Gasteiger partial charge >= 0.3 is 12.1 Å². The molecule has 0 spiro atoms. The summed E-state index contributed by atoms with van der Waals surface area (Å²) in [7, 11) is 0. The Bertz CT molecular complexity index is 355. The Kier molecular flexibility index (Phi) is 5.39. The molecule has 1 aliphatic rings. The summed E-state index contributed by atoms with van der Waals surface area (Å²) in [6, 6.07) is 0. The summed E-state index contributed by atoms with van der Waals surface area (Å²) in [5, 5.41) is 9.05. The van der Waals surface area contributed by atoms with Crippen LogP contribution in [0.2, 0.25) is 0 Å². The van der Waals surface area contributed by atoms with Crippen molar-refractivity contribution < 1.29 is 24.2 Å². The lowest BCUT2D eigenvalue weighted by Gasteiger charge is -2.39. The summed E-state index contributed by atoms with van der Waals surface area (Å²) in [5.74, 6) is -1.33. The summed E-state index contributed by atoms with van der Waals surface area (Å²) in [5.41, 5.74) is -0.505. The second kappa shape index (κ2) is 6.43. The van der Waals surface area contributed by atoms with Crippen molar-refractivity contribution >= 4 is 12.1 Å². The van der Waals surface area contributed by atoms with Crippen LogP contribution in [-0.2, 0) is 14.3 Å². The van der Waals surface area contributed by atoms with Gasteiger partial charge in [0, 0.05) is 0 Å². The number of nitrogens with zero attached hydrogens (tertiary/aromatic N) is 1. The molecule has 0 radical (unpaired) electrons. The zero-order valence-electron chi connectivity index (χ0n) is 12.9. The minimum Gasteiger partial charge on any atom is -0.481 e. The topological polar surface area (TPSA) is 76.1 Å². The van der Waals surface area contributed by atoms with Gasteiger partial charge < -0.3 is 19.5 Å². The average Bonchev–Trinajstić information content (AvgIpc) is 2.16. The largest absolute Gasteiger partial charge is 0.481 e. The molecule has 1 saturated heterocycles. The van der Waals surface area contributed by atoms with E-state index in [4.69, 9.17) is 14.6 Å². The summed E-state index contributed by atoms with van der Waals surface area (Å²) in [6.45, 7) is 10.3. The first-order valence-electron chi connectivity index (χ1n) is 6.92. The molecule has 1 rings (SSSR count). The van der Waals surface area contributed by atoms with Crippen molar-refractivity contribution in [1.82, 2.24) is 4.90 Å². The molecule has 1 unspecified atom stereocenters. The normalized spacial score (nSPS) is 17.8. The van der Waals surface area contributed by atoms with Gasteiger partial charge in [-0.05, 0) is 26.7 Å². The molecule has 0 aromatic rings. The van der Waals surface area contributed by atoms with Crippen molar-refractivity contribution in [3.63, 3.8) is 0 Å². The van der Waals surface area contributed by atoms with E-state index in [0.29, 0.717) is 13.1 Å². The Morgan fingerprint density at radius 1 is 1.30 bits per heavy atom. The number of amides is 1. The second-order valence-electron chi connectivity index (χ2n) is 6.53. The van der Waals surface area contributed by atoms with Crippen LogP contribution in [-0.4, -0.2) is 53.5 Å². The molecule has 6 nitrogen and oxygen atoms in total. The van der Waals surface area contributed by atoms with E-state index in [9.17, 15) is 9.59 Å². The van der Waals surface area contributed by atoms with Crippen molar-refractivity contribution in [3.8, 4) is 0 Å². The fraction of sp³-hybridized carbons (Fsp3) is 0.857. The first-order chi connectivity index (χ1) is 9.10. The number of carboxylic acid groups (broad SMARTS) is 1. The predicted molar refractivity (Wildman–Crippen MR) is 73.5 cm³/mol. The first kappa shape index (κ1) is 16.8. The van der Waals surface area contributed by atoms with Gasteiger partial charge in [-0.15, -0.1) is 0 Å². The maximum atomic E-state index is 11.7. The van der Waals surface area contributed by atoms with Crippen molar-refractivity contribution in [1.29, 1.82) is 0 Å². The number of rotatable bonds is 5. The van der Waals surface area contributed by atoms with E-state index in [1.807, 2.05) is 34.6 Å². The summed E-state index contributed by atoms with van der Waals surface area (Å²) in [6.07, 6.45) is -0.445. The smallest absolute Gasteiger partial charge is 0.410 e. The molecule has 1 atom stereocenters. The number of carboxylic acids is 1. The van der Waals surface area contributed by atoms with E-state index >= 15 is 0 Å². The molecule has 0 bridgehead atoms. The summed E-state index contributed by atoms with van der Waals surface area (Å²) in [4.78, 5) is 24.3. The number of likely N-dealkylation sites (tertiary alicyclic amines) is 1. The lowest BCUT2D eigenvalue weighted by molar-refractivity contribution is -0.149. The Labute approximate surface area is 120 Å². The van der Waals surface area contributed by atoms with Gasteiger partial charge in [0.1, 0.15) is 5.60 Å². The van der Waals surface area contributed by atoms with Gasteiger partial charge in [-0.2, -0.15) is 0 Å². The number of carbonyl (C=O) groups excluding carboxylic acids is 1. The Hall–Kier alpha value is -1.30. The third-order valence-corrected chi connectivity index (χ3v) is 3.13. The van der Waals surface area contributed by atoms with E-state index in [0.717, 1.165) is 0 Å². The van der Waals surface area contributed by atoms with E-state index in [2.05, 4.69) is 0 Å². The summed E-state index contributed by atoms with van der Waals surface area (Å²) < 4.78 is 10.8. The Balaban J connectivity index is 2.28. The quantitative estimate of drug-likeness (QED) is 0.836. The lowest BCUT2D eigenvalue weighted by Crippen LogP contribution is -2.56. The molecule has 0 saturated carbocycles. The molecule has 0 aliphatic carbocycles. The molecule has 6 heteroatoms. The third-order valence-electron chi connectivity index (χ3n) is 3.13. The molecular formula is C14H25NO5. The van der Waals surface area contributed by atoms with Crippen LogP contribution in [0.4, 0.5) is 4.79 Å². The predicted octanol–water partition coefficient (Wildman–Crippen LogP) is 1.98. The molecule has 20 heavy (non-hydrogen) atoms. The van der Waals surface area contributed by atoms with E-state index in [1.54, 1.807) is 4.90 Å². The van der Waals surface area contributed by atoms with Gasteiger partial charge in [-0.25, -0.2) is 4.79 Å². The summed E-state index contributed by atoms with van der Waals surface area (Å²) >= 11 is 0. The minimum absolute atomic E-state index is 0.0227. The van der Waals surface area contributed by atoms with Crippen LogP contribution in [0.15, 0.2) is 0 Å². The molecule has 0 aromatic carbocycles. The van der Waals surface area contributed by atoms with Gasteiger partial charge in [0.05, 0.1) is 31.7 Å². The maximum absolute atomic E-state index is 11.7. The van der Waals surface area contributed by atoms with Crippen LogP contribution in [0.1, 0.15) is 34.6 Å². The SMILES string of the molecule is CC(C)C(COC1CN(C(=O)OC(C)(C)C)C1)C(=O)O. The molecule has 116 valence electrons.